The highest BCUT2D eigenvalue weighted by Gasteiger charge is 1.89. The van der Waals surface area contributed by atoms with Crippen LogP contribution in [-0.2, 0) is 6.54 Å². The first kappa shape index (κ1) is 8.01. The second-order valence-electron chi connectivity index (χ2n) is 2.34. The smallest absolute Gasteiger partial charge is 0.250 e. The lowest BCUT2D eigenvalue weighted by Gasteiger charge is -2.02. The summed E-state index contributed by atoms with van der Waals surface area (Å²) in [5, 5.41) is 2.98. The maximum atomic E-state index is 11.1. The van der Waals surface area contributed by atoms with Gasteiger partial charge >= 0.3 is 0 Å². The molecule has 3 heteroatoms. The Morgan fingerprint density at radius 1 is 1.55 bits per heavy atom. The van der Waals surface area contributed by atoms with Gasteiger partial charge in [-0.2, -0.15) is 0 Å². The number of aromatic nitrogens is 1. The van der Waals surface area contributed by atoms with E-state index >= 15 is 0 Å². The van der Waals surface area contributed by atoms with Crippen LogP contribution in [0.3, 0.4) is 0 Å². The third-order valence-corrected chi connectivity index (χ3v) is 1.50. The van der Waals surface area contributed by atoms with Crippen LogP contribution in [0, 0.1) is 0 Å². The predicted octanol–water partition coefficient (Wildman–Crippen LogP) is 0.0677. The van der Waals surface area contributed by atoms with Crippen LogP contribution in [0.1, 0.15) is 0 Å². The van der Waals surface area contributed by atoms with Crippen molar-refractivity contribution in [3.05, 3.63) is 34.7 Å². The summed E-state index contributed by atoms with van der Waals surface area (Å²) in [4.78, 5) is 11.1. The van der Waals surface area contributed by atoms with Crippen LogP contribution in [0.4, 0.5) is 0 Å². The molecule has 1 aromatic rings. The average molecular weight is 152 g/mol. The van der Waals surface area contributed by atoms with Crippen LogP contribution in [0.15, 0.2) is 29.2 Å². The van der Waals surface area contributed by atoms with Gasteiger partial charge in [0.2, 0.25) is 0 Å². The summed E-state index contributed by atoms with van der Waals surface area (Å²) in [7, 11) is 1.87. The highest BCUT2D eigenvalue weighted by Crippen LogP contribution is 1.79. The van der Waals surface area contributed by atoms with E-state index in [0.717, 1.165) is 13.1 Å². The van der Waals surface area contributed by atoms with E-state index in [9.17, 15) is 4.79 Å². The zero-order valence-corrected chi connectivity index (χ0v) is 6.58. The fourth-order valence-corrected chi connectivity index (χ4v) is 0.878. The van der Waals surface area contributed by atoms with Crippen LogP contribution >= 0.6 is 0 Å². The maximum absolute atomic E-state index is 11.1. The van der Waals surface area contributed by atoms with Gasteiger partial charge in [-0.3, -0.25) is 4.79 Å². The molecule has 60 valence electrons. The molecule has 0 amide bonds. The highest BCUT2D eigenvalue weighted by molar-refractivity contribution is 4.92. The summed E-state index contributed by atoms with van der Waals surface area (Å²) < 4.78 is 1.68. The first-order valence-electron chi connectivity index (χ1n) is 3.64. The third-order valence-electron chi connectivity index (χ3n) is 1.50. The lowest BCUT2D eigenvalue weighted by atomic mass is 10.4. The monoisotopic (exact) mass is 152 g/mol. The second-order valence-corrected chi connectivity index (χ2v) is 2.34. The minimum atomic E-state index is 0.0581. The topological polar surface area (TPSA) is 34.0 Å². The fourth-order valence-electron chi connectivity index (χ4n) is 0.878. The van der Waals surface area contributed by atoms with E-state index in [2.05, 4.69) is 5.32 Å². The number of rotatable bonds is 3. The lowest BCUT2D eigenvalue weighted by molar-refractivity contribution is 0.626. The number of hydrogen-bond acceptors (Lipinski definition) is 2. The molecule has 0 aliphatic rings. The minimum Gasteiger partial charge on any atom is -0.318 e. The Balaban J connectivity index is 2.70. The molecular weight excluding hydrogens is 140 g/mol. The summed E-state index contributed by atoms with van der Waals surface area (Å²) in [6.45, 7) is 1.56. The van der Waals surface area contributed by atoms with Crippen LogP contribution in [0.25, 0.3) is 0 Å². The number of pyridine rings is 1. The third kappa shape index (κ3) is 2.20. The Kier molecular flexibility index (Phi) is 2.86. The molecule has 0 bridgehead atoms. The summed E-state index contributed by atoms with van der Waals surface area (Å²) in [6, 6.07) is 5.17. The van der Waals surface area contributed by atoms with Gasteiger partial charge in [-0.25, -0.2) is 0 Å². The first-order valence-corrected chi connectivity index (χ1v) is 3.64. The molecule has 0 spiro atoms. The highest BCUT2D eigenvalue weighted by atomic mass is 16.1. The predicted molar refractivity (Wildman–Crippen MR) is 44.6 cm³/mol. The van der Waals surface area contributed by atoms with Crippen molar-refractivity contribution in [1.82, 2.24) is 9.88 Å². The standard InChI is InChI=1S/C8H12N2O/c1-9-5-7-10-6-3-2-4-8(10)11/h2-4,6,9H,5,7H2,1H3. The van der Waals surface area contributed by atoms with Gasteiger partial charge in [0.15, 0.2) is 0 Å². The fraction of sp³-hybridized carbons (Fsp3) is 0.375. The quantitative estimate of drug-likeness (QED) is 0.665. The Morgan fingerprint density at radius 3 is 3.00 bits per heavy atom. The van der Waals surface area contributed by atoms with E-state index in [1.165, 1.54) is 0 Å². The van der Waals surface area contributed by atoms with E-state index < -0.39 is 0 Å². The van der Waals surface area contributed by atoms with E-state index in [4.69, 9.17) is 0 Å². The Bertz CT molecular complexity index is 267. The average Bonchev–Trinajstić information content (AvgIpc) is 2.03. The van der Waals surface area contributed by atoms with Gasteiger partial charge in [0, 0.05) is 25.4 Å². The van der Waals surface area contributed by atoms with Gasteiger partial charge in [-0.05, 0) is 13.1 Å². The normalized spacial score (nSPS) is 9.91. The Hall–Kier alpha value is -1.09. The van der Waals surface area contributed by atoms with Crippen molar-refractivity contribution in [2.45, 2.75) is 6.54 Å². The van der Waals surface area contributed by atoms with E-state index in [1.807, 2.05) is 13.1 Å². The number of nitrogens with one attached hydrogen (secondary N) is 1. The summed E-state index contributed by atoms with van der Waals surface area (Å²) in [6.07, 6.45) is 1.79. The second kappa shape index (κ2) is 3.93. The molecule has 0 aromatic carbocycles. The number of nitrogens with zero attached hydrogens (tertiary/aromatic N) is 1. The van der Waals surface area contributed by atoms with Crippen LogP contribution in [0.2, 0.25) is 0 Å². The van der Waals surface area contributed by atoms with Gasteiger partial charge in [0.25, 0.3) is 5.56 Å². The maximum Gasteiger partial charge on any atom is 0.250 e. The molecule has 1 rings (SSSR count). The molecular formula is C8H12N2O. The summed E-state index contributed by atoms with van der Waals surface area (Å²) in [5.41, 5.74) is 0.0581. The van der Waals surface area contributed by atoms with Crippen molar-refractivity contribution in [3.8, 4) is 0 Å². The molecule has 0 aliphatic heterocycles. The van der Waals surface area contributed by atoms with Crippen LogP contribution in [0.5, 0.6) is 0 Å². The van der Waals surface area contributed by atoms with Crippen LogP contribution in [-0.4, -0.2) is 18.2 Å². The van der Waals surface area contributed by atoms with Crippen molar-refractivity contribution < 1.29 is 0 Å². The summed E-state index contributed by atoms with van der Waals surface area (Å²) >= 11 is 0. The molecule has 3 nitrogen and oxygen atoms in total. The molecule has 0 atom stereocenters. The van der Waals surface area contributed by atoms with E-state index in [1.54, 1.807) is 22.9 Å². The van der Waals surface area contributed by atoms with E-state index in [-0.39, 0.29) is 5.56 Å². The summed E-state index contributed by atoms with van der Waals surface area (Å²) in [5.74, 6) is 0. The lowest BCUT2D eigenvalue weighted by Crippen LogP contribution is -2.23. The molecule has 0 saturated carbocycles. The van der Waals surface area contributed by atoms with Gasteiger partial charge in [0.05, 0.1) is 0 Å². The van der Waals surface area contributed by atoms with Gasteiger partial charge in [-0.1, -0.05) is 6.07 Å². The zero-order valence-electron chi connectivity index (χ0n) is 6.58. The van der Waals surface area contributed by atoms with Crippen molar-refractivity contribution >= 4 is 0 Å². The molecule has 0 unspecified atom stereocenters. The number of hydrogen-bond donors (Lipinski definition) is 1. The number of likely N-dealkylation sites (N-methyl/N-ethyl adjacent to an activating group) is 1. The van der Waals surface area contributed by atoms with Crippen LogP contribution < -0.4 is 10.9 Å². The SMILES string of the molecule is CNCCn1ccccc1=O. The van der Waals surface area contributed by atoms with Gasteiger partial charge in [-0.15, -0.1) is 0 Å². The molecule has 0 fully saturated rings. The molecule has 1 heterocycles. The molecule has 0 aliphatic carbocycles. The van der Waals surface area contributed by atoms with E-state index in [0.29, 0.717) is 0 Å². The Labute approximate surface area is 65.7 Å². The molecule has 0 radical (unpaired) electrons. The minimum absolute atomic E-state index is 0.0581. The van der Waals surface area contributed by atoms with Crippen molar-refractivity contribution in [2.75, 3.05) is 13.6 Å². The molecule has 0 saturated heterocycles. The molecule has 11 heavy (non-hydrogen) atoms. The molecule has 1 aromatic heterocycles. The molecule has 1 N–H and O–H groups in total. The zero-order chi connectivity index (χ0) is 8.10. The van der Waals surface area contributed by atoms with Crippen molar-refractivity contribution in [2.24, 2.45) is 0 Å². The van der Waals surface area contributed by atoms with Crippen molar-refractivity contribution in [3.63, 3.8) is 0 Å². The first-order chi connectivity index (χ1) is 5.34. The van der Waals surface area contributed by atoms with Crippen molar-refractivity contribution in [1.29, 1.82) is 0 Å². The Morgan fingerprint density at radius 2 is 2.36 bits per heavy atom. The largest absolute Gasteiger partial charge is 0.318 e. The van der Waals surface area contributed by atoms with Gasteiger partial charge < -0.3 is 9.88 Å². The van der Waals surface area contributed by atoms with Gasteiger partial charge in [0.1, 0.15) is 0 Å².